The van der Waals surface area contributed by atoms with Gasteiger partial charge in [0.2, 0.25) is 0 Å². The summed E-state index contributed by atoms with van der Waals surface area (Å²) in [5.74, 6) is 0. The predicted octanol–water partition coefficient (Wildman–Crippen LogP) is 8.68. The van der Waals surface area contributed by atoms with Crippen LogP contribution in [0.25, 0.3) is 11.3 Å². The van der Waals surface area contributed by atoms with Crippen molar-refractivity contribution in [3.63, 3.8) is 0 Å². The molecule has 9 heteroatoms. The third kappa shape index (κ3) is 7.58. The average Bonchev–Trinajstić information content (AvgIpc) is 3.92. The van der Waals surface area contributed by atoms with E-state index in [2.05, 4.69) is 131 Å². The topological polar surface area (TPSA) is 113 Å². The fourth-order valence-electron chi connectivity index (χ4n) is 8.27. The molecule has 0 unspecified atom stereocenters. The lowest BCUT2D eigenvalue weighted by Gasteiger charge is -2.36. The Balaban J connectivity index is 0.000000171. The minimum Gasteiger partial charge on any atom is -0.423 e. The van der Waals surface area contributed by atoms with Gasteiger partial charge < -0.3 is 10.0 Å². The number of nitriles is 1. The van der Waals surface area contributed by atoms with Crippen molar-refractivity contribution >= 4 is 12.6 Å². The molecule has 0 saturated carbocycles. The Kier molecular flexibility index (Phi) is 11.6. The molecule has 0 amide bonds. The number of aromatic nitrogens is 5. The fraction of sp³-hybridized carbons (Fsp3) is 0.0769. The van der Waals surface area contributed by atoms with E-state index in [0.29, 0.717) is 16.7 Å². The van der Waals surface area contributed by atoms with Gasteiger partial charge in [0.1, 0.15) is 17.1 Å². The molecule has 0 bridgehead atoms. The number of rotatable bonds is 10. The largest absolute Gasteiger partial charge is 0.491 e. The van der Waals surface area contributed by atoms with Gasteiger partial charge in [-0.1, -0.05) is 182 Å². The van der Waals surface area contributed by atoms with Gasteiger partial charge >= 0.3 is 7.12 Å². The van der Waals surface area contributed by atoms with E-state index in [0.717, 1.165) is 50.3 Å². The second-order valence-corrected chi connectivity index (χ2v) is 14.7. The van der Waals surface area contributed by atoms with E-state index in [-0.39, 0.29) is 0 Å². The van der Waals surface area contributed by atoms with Gasteiger partial charge in [-0.15, -0.1) is 0 Å². The first-order valence-electron chi connectivity index (χ1n) is 20.1. The summed E-state index contributed by atoms with van der Waals surface area (Å²) in [5.41, 5.74) is 9.16. The summed E-state index contributed by atoms with van der Waals surface area (Å²) in [4.78, 5) is 4.52. The Labute approximate surface area is 356 Å². The third-order valence-electron chi connectivity index (χ3n) is 11.1. The Morgan fingerprint density at radius 3 is 1.11 bits per heavy atom. The maximum Gasteiger partial charge on any atom is 0.491 e. The maximum atomic E-state index is 9.80. The number of nitrogens with zero attached hydrogens (tertiary/aromatic N) is 6. The van der Waals surface area contributed by atoms with Crippen LogP contribution in [0.1, 0.15) is 50.3 Å². The zero-order valence-corrected chi connectivity index (χ0v) is 33.9. The van der Waals surface area contributed by atoms with Crippen molar-refractivity contribution in [2.24, 2.45) is 0 Å². The smallest absolute Gasteiger partial charge is 0.423 e. The van der Waals surface area contributed by atoms with Crippen LogP contribution in [-0.4, -0.2) is 41.7 Å². The Morgan fingerprint density at radius 2 is 0.820 bits per heavy atom. The summed E-state index contributed by atoms with van der Waals surface area (Å²) in [7, 11) is -1.58. The van der Waals surface area contributed by atoms with Crippen LogP contribution >= 0.6 is 0 Å². The van der Waals surface area contributed by atoms with Crippen LogP contribution in [0, 0.1) is 25.2 Å². The van der Waals surface area contributed by atoms with Crippen molar-refractivity contribution in [1.29, 1.82) is 5.26 Å². The first-order valence-corrected chi connectivity index (χ1v) is 20.1. The second-order valence-electron chi connectivity index (χ2n) is 14.7. The Bertz CT molecular complexity index is 2650. The molecule has 0 aliphatic rings. The van der Waals surface area contributed by atoms with Crippen molar-refractivity contribution in [2.45, 2.75) is 24.9 Å². The highest BCUT2D eigenvalue weighted by Crippen LogP contribution is 2.42. The van der Waals surface area contributed by atoms with Gasteiger partial charge in [0.15, 0.2) is 0 Å². The molecule has 8 nitrogen and oxygen atoms in total. The minimum absolute atomic E-state index is 0.396. The molecule has 0 radical (unpaired) electrons. The van der Waals surface area contributed by atoms with E-state index < -0.39 is 18.2 Å². The molecule has 296 valence electrons. The maximum absolute atomic E-state index is 9.80. The molecular formula is C52H43BN6O2. The van der Waals surface area contributed by atoms with E-state index >= 15 is 0 Å². The zero-order chi connectivity index (χ0) is 42.2. The van der Waals surface area contributed by atoms with E-state index in [4.69, 9.17) is 15.5 Å². The summed E-state index contributed by atoms with van der Waals surface area (Å²) in [5, 5.41) is 38.5. The van der Waals surface area contributed by atoms with Crippen molar-refractivity contribution in [3.8, 4) is 17.3 Å². The number of hydrogen-bond acceptors (Lipinski definition) is 6. The summed E-state index contributed by atoms with van der Waals surface area (Å²) >= 11 is 0. The average molecular weight is 795 g/mol. The summed E-state index contributed by atoms with van der Waals surface area (Å²) in [6, 6.07) is 67.6. The standard InChI is InChI=1S/C29H22N4.C23H21BN2O2/c1-22-27(28-18-17-23(19-30)20-31-28)21-33(32-22)29(24-11-5-2-6-12-24,25-13-7-3-8-14-25)26-15-9-4-10-16-26;1-18-22(24(27)28)17-26(25-18)23(19-11-5-2-6-12-19,20-13-7-3-8-14-20)21-15-9-4-10-16-21/h2-18,20-21H,1H3;2-17,27-28H,1H3. The first-order chi connectivity index (χ1) is 29.9. The van der Waals surface area contributed by atoms with E-state index in [1.807, 2.05) is 90.5 Å². The second kappa shape index (κ2) is 17.7. The van der Waals surface area contributed by atoms with Gasteiger partial charge in [-0.3, -0.25) is 14.3 Å². The molecule has 0 spiro atoms. The molecule has 3 heterocycles. The minimum atomic E-state index is -1.58. The van der Waals surface area contributed by atoms with Gasteiger partial charge in [-0.2, -0.15) is 15.5 Å². The van der Waals surface area contributed by atoms with Crippen LogP contribution in [-0.2, 0) is 11.1 Å². The summed E-state index contributed by atoms with van der Waals surface area (Å²) in [6.45, 7) is 3.79. The van der Waals surface area contributed by atoms with Crippen LogP contribution in [0.15, 0.2) is 213 Å². The van der Waals surface area contributed by atoms with Crippen molar-refractivity contribution in [1.82, 2.24) is 24.5 Å². The van der Waals surface area contributed by atoms with Crippen LogP contribution in [0.4, 0.5) is 0 Å². The predicted molar refractivity (Wildman–Crippen MR) is 241 cm³/mol. The van der Waals surface area contributed by atoms with Crippen molar-refractivity contribution in [2.75, 3.05) is 0 Å². The molecule has 0 aliphatic carbocycles. The SMILES string of the molecule is Cc1nn(C(c2ccccc2)(c2ccccc2)c2ccccc2)cc1-c1ccc(C#N)cn1.Cc1nn(C(c2ccccc2)(c2ccccc2)c2ccccc2)cc1B(O)O. The number of hydrogen-bond donors (Lipinski definition) is 2. The van der Waals surface area contributed by atoms with Crippen LogP contribution in [0.3, 0.4) is 0 Å². The molecule has 0 atom stereocenters. The highest BCUT2D eigenvalue weighted by atomic mass is 16.4. The van der Waals surface area contributed by atoms with Gasteiger partial charge in [0, 0.05) is 29.6 Å². The van der Waals surface area contributed by atoms with Gasteiger partial charge in [0.05, 0.1) is 22.6 Å². The number of aryl methyl sites for hydroxylation is 2. The Hall–Kier alpha value is -7.64. The lowest BCUT2D eigenvalue weighted by atomic mass is 9.76. The fourth-order valence-corrected chi connectivity index (χ4v) is 8.27. The van der Waals surface area contributed by atoms with E-state index in [9.17, 15) is 10.0 Å². The summed E-state index contributed by atoms with van der Waals surface area (Å²) < 4.78 is 3.90. The van der Waals surface area contributed by atoms with Crippen molar-refractivity contribution < 1.29 is 10.0 Å². The van der Waals surface area contributed by atoms with Gasteiger partial charge in [-0.25, -0.2) is 0 Å². The molecule has 3 aromatic heterocycles. The number of pyridine rings is 1. The molecule has 9 aromatic rings. The summed E-state index contributed by atoms with van der Waals surface area (Å²) in [6.07, 6.45) is 5.40. The van der Waals surface area contributed by atoms with E-state index in [1.54, 1.807) is 25.4 Å². The molecule has 0 fully saturated rings. The molecule has 9 rings (SSSR count). The number of benzene rings is 6. The molecule has 2 N–H and O–H groups in total. The normalized spacial score (nSPS) is 11.3. The lowest BCUT2D eigenvalue weighted by Crippen LogP contribution is -2.39. The van der Waals surface area contributed by atoms with Gasteiger partial charge in [0.25, 0.3) is 0 Å². The lowest BCUT2D eigenvalue weighted by molar-refractivity contribution is 0.425. The first kappa shape index (κ1) is 40.2. The highest BCUT2D eigenvalue weighted by Gasteiger charge is 2.41. The van der Waals surface area contributed by atoms with Crippen molar-refractivity contribution in [3.05, 3.63) is 263 Å². The van der Waals surface area contributed by atoms with Crippen LogP contribution < -0.4 is 5.46 Å². The molecule has 61 heavy (non-hydrogen) atoms. The molecular weight excluding hydrogens is 751 g/mol. The van der Waals surface area contributed by atoms with Gasteiger partial charge in [-0.05, 0) is 59.4 Å². The third-order valence-corrected chi connectivity index (χ3v) is 11.1. The molecule has 6 aromatic carbocycles. The highest BCUT2D eigenvalue weighted by molar-refractivity contribution is 6.59. The van der Waals surface area contributed by atoms with E-state index in [1.165, 1.54) is 0 Å². The quantitative estimate of drug-likeness (QED) is 0.106. The van der Waals surface area contributed by atoms with Crippen LogP contribution in [0.5, 0.6) is 0 Å². The van der Waals surface area contributed by atoms with Crippen LogP contribution in [0.2, 0.25) is 0 Å². The Morgan fingerprint density at radius 1 is 0.475 bits per heavy atom. The zero-order valence-electron chi connectivity index (χ0n) is 33.9. The molecule has 0 aliphatic heterocycles. The molecule has 0 saturated heterocycles. The monoisotopic (exact) mass is 794 g/mol.